The topological polar surface area (TPSA) is 75.2 Å². The van der Waals surface area contributed by atoms with Crippen molar-refractivity contribution in [3.63, 3.8) is 0 Å². The first-order chi connectivity index (χ1) is 9.45. The molecule has 0 spiro atoms. The third kappa shape index (κ3) is 2.39. The van der Waals surface area contributed by atoms with Gasteiger partial charge in [-0.1, -0.05) is 0 Å². The Hall–Kier alpha value is -2.30. The van der Waals surface area contributed by atoms with Crippen molar-refractivity contribution in [2.75, 3.05) is 7.11 Å². The number of nitrogens with zero attached hydrogens (tertiary/aromatic N) is 1. The van der Waals surface area contributed by atoms with Gasteiger partial charge in [-0.2, -0.15) is 5.10 Å². The van der Waals surface area contributed by atoms with Gasteiger partial charge in [-0.15, -0.1) is 0 Å². The summed E-state index contributed by atoms with van der Waals surface area (Å²) in [5, 5.41) is 16.2. The van der Waals surface area contributed by atoms with E-state index in [4.69, 9.17) is 9.84 Å². The number of hydrogen-bond donors (Lipinski definition) is 2. The van der Waals surface area contributed by atoms with E-state index in [9.17, 15) is 4.79 Å². The van der Waals surface area contributed by atoms with Crippen molar-refractivity contribution in [3.05, 3.63) is 34.5 Å². The fraction of sp³-hybridized carbons (Fsp3) is 0.333. The van der Waals surface area contributed by atoms with Gasteiger partial charge in [-0.3, -0.25) is 9.89 Å². The van der Waals surface area contributed by atoms with Gasteiger partial charge in [0, 0.05) is 16.8 Å². The average molecular weight is 274 g/mol. The highest BCUT2D eigenvalue weighted by Crippen LogP contribution is 2.32. The standard InChI is InChI=1S/C15H18N2O3/c1-8-9(2)13(20-4)6-5-11(8)15-12(7-14(18)19)10(3)16-17-15/h5-6H,7H2,1-4H3,(H,16,17)(H,18,19). The van der Waals surface area contributed by atoms with Crippen molar-refractivity contribution in [3.8, 4) is 17.0 Å². The summed E-state index contributed by atoms with van der Waals surface area (Å²) in [5.41, 5.74) is 5.23. The predicted octanol–water partition coefficient (Wildman–Crippen LogP) is 2.64. The van der Waals surface area contributed by atoms with Crippen LogP contribution in [-0.4, -0.2) is 28.4 Å². The number of H-pyrrole nitrogens is 1. The highest BCUT2D eigenvalue weighted by atomic mass is 16.5. The van der Waals surface area contributed by atoms with E-state index in [-0.39, 0.29) is 6.42 Å². The van der Waals surface area contributed by atoms with Gasteiger partial charge in [0.15, 0.2) is 0 Å². The van der Waals surface area contributed by atoms with Gasteiger partial charge in [0.1, 0.15) is 5.75 Å². The van der Waals surface area contributed by atoms with Crippen molar-refractivity contribution in [1.82, 2.24) is 10.2 Å². The number of hydrogen-bond acceptors (Lipinski definition) is 3. The molecule has 0 saturated carbocycles. The molecule has 106 valence electrons. The third-order valence-electron chi connectivity index (χ3n) is 3.61. The first kappa shape index (κ1) is 14.1. The van der Waals surface area contributed by atoms with Crippen LogP contribution in [-0.2, 0) is 11.2 Å². The van der Waals surface area contributed by atoms with E-state index in [1.54, 1.807) is 7.11 Å². The number of benzene rings is 1. The van der Waals surface area contributed by atoms with E-state index in [0.717, 1.165) is 33.7 Å². The first-order valence-electron chi connectivity index (χ1n) is 6.36. The van der Waals surface area contributed by atoms with Crippen molar-refractivity contribution in [1.29, 1.82) is 0 Å². The molecule has 5 heteroatoms. The summed E-state index contributed by atoms with van der Waals surface area (Å²) in [5.74, 6) is -0.0445. The van der Waals surface area contributed by atoms with Gasteiger partial charge >= 0.3 is 5.97 Å². The van der Waals surface area contributed by atoms with Crippen molar-refractivity contribution >= 4 is 5.97 Å². The van der Waals surface area contributed by atoms with E-state index in [1.165, 1.54) is 0 Å². The SMILES string of the molecule is COc1ccc(-c2n[nH]c(C)c2CC(=O)O)c(C)c1C. The Morgan fingerprint density at radius 3 is 2.60 bits per heavy atom. The molecule has 1 aromatic carbocycles. The van der Waals surface area contributed by atoms with Crippen LogP contribution in [0.2, 0.25) is 0 Å². The molecule has 2 rings (SSSR count). The lowest BCUT2D eigenvalue weighted by Gasteiger charge is -2.12. The Kier molecular flexibility index (Phi) is 3.79. The summed E-state index contributed by atoms with van der Waals surface area (Å²) < 4.78 is 5.29. The summed E-state index contributed by atoms with van der Waals surface area (Å²) in [6, 6.07) is 3.80. The lowest BCUT2D eigenvalue weighted by Crippen LogP contribution is -2.03. The molecule has 20 heavy (non-hydrogen) atoms. The van der Waals surface area contributed by atoms with Crippen LogP contribution in [0.3, 0.4) is 0 Å². The largest absolute Gasteiger partial charge is 0.496 e. The number of nitrogens with one attached hydrogen (secondary N) is 1. The molecule has 1 heterocycles. The van der Waals surface area contributed by atoms with Gasteiger partial charge in [0.05, 0.1) is 19.2 Å². The Bertz CT molecular complexity index is 659. The van der Waals surface area contributed by atoms with E-state index in [0.29, 0.717) is 5.69 Å². The lowest BCUT2D eigenvalue weighted by atomic mass is 9.96. The maximum atomic E-state index is 11.0. The molecule has 0 fully saturated rings. The fourth-order valence-corrected chi connectivity index (χ4v) is 2.32. The summed E-state index contributed by atoms with van der Waals surface area (Å²) >= 11 is 0. The van der Waals surface area contributed by atoms with E-state index in [1.807, 2.05) is 32.9 Å². The number of aryl methyl sites for hydroxylation is 1. The van der Waals surface area contributed by atoms with Gasteiger partial charge in [0.2, 0.25) is 0 Å². The molecule has 5 nitrogen and oxygen atoms in total. The minimum Gasteiger partial charge on any atom is -0.496 e. The monoisotopic (exact) mass is 274 g/mol. The lowest BCUT2D eigenvalue weighted by molar-refractivity contribution is -0.136. The van der Waals surface area contributed by atoms with Crippen LogP contribution in [0.5, 0.6) is 5.75 Å². The van der Waals surface area contributed by atoms with Gasteiger partial charge < -0.3 is 9.84 Å². The Balaban J connectivity index is 2.58. The van der Waals surface area contributed by atoms with Crippen LogP contribution in [0, 0.1) is 20.8 Å². The summed E-state index contributed by atoms with van der Waals surface area (Å²) in [7, 11) is 1.63. The van der Waals surface area contributed by atoms with Gasteiger partial charge in [-0.05, 0) is 44.0 Å². The minimum absolute atomic E-state index is 0.0395. The molecule has 0 amide bonds. The van der Waals surface area contributed by atoms with Gasteiger partial charge in [-0.25, -0.2) is 0 Å². The van der Waals surface area contributed by atoms with E-state index in [2.05, 4.69) is 10.2 Å². The zero-order valence-corrected chi connectivity index (χ0v) is 12.1. The number of rotatable bonds is 4. The molecule has 0 atom stereocenters. The highest BCUT2D eigenvalue weighted by Gasteiger charge is 2.18. The molecule has 1 aromatic heterocycles. The normalized spacial score (nSPS) is 10.6. The fourth-order valence-electron chi connectivity index (χ4n) is 2.32. The van der Waals surface area contributed by atoms with E-state index < -0.39 is 5.97 Å². The van der Waals surface area contributed by atoms with E-state index >= 15 is 0 Å². The number of carboxylic acids is 1. The van der Waals surface area contributed by atoms with Crippen molar-refractivity contribution in [2.24, 2.45) is 0 Å². The quantitative estimate of drug-likeness (QED) is 0.898. The smallest absolute Gasteiger partial charge is 0.307 e. The number of aromatic amines is 1. The van der Waals surface area contributed by atoms with Crippen LogP contribution in [0.4, 0.5) is 0 Å². The molecule has 0 bridgehead atoms. The molecule has 2 aromatic rings. The van der Waals surface area contributed by atoms with Crippen molar-refractivity contribution < 1.29 is 14.6 Å². The van der Waals surface area contributed by atoms with Crippen LogP contribution >= 0.6 is 0 Å². The van der Waals surface area contributed by atoms with Crippen LogP contribution in [0.25, 0.3) is 11.3 Å². The maximum absolute atomic E-state index is 11.0. The molecule has 0 radical (unpaired) electrons. The molecule has 0 aliphatic heterocycles. The number of aromatic nitrogens is 2. The summed E-state index contributed by atoms with van der Waals surface area (Å²) in [6.07, 6.45) is -0.0395. The number of aliphatic carboxylic acids is 1. The number of methoxy groups -OCH3 is 1. The van der Waals surface area contributed by atoms with Gasteiger partial charge in [0.25, 0.3) is 0 Å². The second-order valence-corrected chi connectivity index (χ2v) is 4.81. The maximum Gasteiger partial charge on any atom is 0.307 e. The van der Waals surface area contributed by atoms with Crippen molar-refractivity contribution in [2.45, 2.75) is 27.2 Å². The molecule has 0 saturated heterocycles. The summed E-state index contributed by atoms with van der Waals surface area (Å²) in [6.45, 7) is 5.80. The Morgan fingerprint density at radius 2 is 2.00 bits per heavy atom. The second kappa shape index (κ2) is 5.36. The number of carboxylic acid groups (broad SMARTS) is 1. The second-order valence-electron chi connectivity index (χ2n) is 4.81. The zero-order chi connectivity index (χ0) is 14.9. The molecule has 0 aliphatic rings. The third-order valence-corrected chi connectivity index (χ3v) is 3.61. The Labute approximate surface area is 117 Å². The van der Waals surface area contributed by atoms with Crippen LogP contribution in [0.15, 0.2) is 12.1 Å². The Morgan fingerprint density at radius 1 is 1.30 bits per heavy atom. The molecule has 0 aliphatic carbocycles. The first-order valence-corrected chi connectivity index (χ1v) is 6.36. The average Bonchev–Trinajstić information content (AvgIpc) is 2.74. The minimum atomic E-state index is -0.862. The number of ether oxygens (including phenoxy) is 1. The highest BCUT2D eigenvalue weighted by molar-refractivity contribution is 5.77. The molecular formula is C15H18N2O3. The molecule has 2 N–H and O–H groups in total. The zero-order valence-electron chi connectivity index (χ0n) is 12.1. The van der Waals surface area contributed by atoms with Crippen LogP contribution in [0.1, 0.15) is 22.4 Å². The predicted molar refractivity (Wildman–Crippen MR) is 76.1 cm³/mol. The van der Waals surface area contributed by atoms with Crippen LogP contribution < -0.4 is 4.74 Å². The molecule has 0 unspecified atom stereocenters. The molecular weight excluding hydrogens is 256 g/mol. The summed E-state index contributed by atoms with van der Waals surface area (Å²) in [4.78, 5) is 11.0. The number of carbonyl (C=O) groups is 1.